The molecule has 4 heteroatoms. The molecule has 10 aromatic rings. The van der Waals surface area contributed by atoms with E-state index in [-0.39, 0.29) is 0 Å². The molecule has 0 saturated carbocycles. The molecule has 1 atom stereocenters. The molecule has 0 bridgehead atoms. The van der Waals surface area contributed by atoms with Crippen molar-refractivity contribution in [2.75, 3.05) is 0 Å². The average Bonchev–Trinajstić information content (AvgIpc) is 3.91. The molecule has 4 nitrogen and oxygen atoms in total. The van der Waals surface area contributed by atoms with E-state index in [4.69, 9.17) is 14.5 Å². The Labute approximate surface area is 323 Å². The van der Waals surface area contributed by atoms with Crippen molar-refractivity contribution in [3.8, 4) is 61.7 Å². The summed E-state index contributed by atoms with van der Waals surface area (Å²) in [5, 5.41) is 7.39. The van der Waals surface area contributed by atoms with Crippen molar-refractivity contribution in [2.45, 2.75) is 5.41 Å². The van der Waals surface area contributed by atoms with Crippen molar-refractivity contribution >= 4 is 21.9 Å². The number of para-hydroxylation sites is 2. The molecule has 1 unspecified atom stereocenters. The third kappa shape index (κ3) is 4.27. The van der Waals surface area contributed by atoms with E-state index in [2.05, 4.69) is 146 Å². The molecule has 1 spiro atoms. The highest BCUT2D eigenvalue weighted by Crippen LogP contribution is 2.65. The van der Waals surface area contributed by atoms with E-state index in [1.807, 2.05) is 53.3 Å². The first-order valence-electron chi connectivity index (χ1n) is 19.1. The van der Waals surface area contributed by atoms with Gasteiger partial charge in [-0.2, -0.15) is 0 Å². The molecule has 12 rings (SSSR count). The summed E-state index contributed by atoms with van der Waals surface area (Å²) in [6, 6.07) is 67.0. The maximum atomic E-state index is 6.78. The van der Waals surface area contributed by atoms with Crippen LogP contribution < -0.4 is 4.68 Å². The molecule has 8 aromatic carbocycles. The highest BCUT2D eigenvalue weighted by Gasteiger charge is 2.53. The van der Waals surface area contributed by atoms with Gasteiger partial charge in [0.2, 0.25) is 17.7 Å². The van der Waals surface area contributed by atoms with Crippen LogP contribution in [0.25, 0.3) is 83.7 Å². The van der Waals surface area contributed by atoms with Gasteiger partial charge in [-0.05, 0) is 66.9 Å². The van der Waals surface area contributed by atoms with Crippen LogP contribution in [0, 0.1) is 0 Å². The number of fused-ring (bicyclic) bond motifs is 14. The summed E-state index contributed by atoms with van der Waals surface area (Å²) in [6.07, 6.45) is 2.01. The number of aromatic nitrogens is 3. The molecule has 2 aliphatic carbocycles. The lowest BCUT2D eigenvalue weighted by atomic mass is 9.68. The number of hydrogen-bond acceptors (Lipinski definition) is 3. The zero-order valence-electron chi connectivity index (χ0n) is 30.2. The minimum atomic E-state index is -0.558. The van der Waals surface area contributed by atoms with Gasteiger partial charge < -0.3 is 4.42 Å². The molecule has 0 aliphatic heterocycles. The first kappa shape index (κ1) is 31.0. The van der Waals surface area contributed by atoms with Crippen molar-refractivity contribution < 1.29 is 9.10 Å². The van der Waals surface area contributed by atoms with Crippen LogP contribution in [0.15, 0.2) is 199 Å². The van der Waals surface area contributed by atoms with Gasteiger partial charge in [0.25, 0.3) is 0 Å². The topological polar surface area (TPSA) is 42.8 Å². The van der Waals surface area contributed by atoms with E-state index in [1.165, 1.54) is 50.1 Å². The fraction of sp³-hybridized carbons (Fsp3) is 0.0192. The summed E-state index contributed by atoms with van der Waals surface area (Å²) in [5.74, 6) is 0.659. The second-order valence-electron chi connectivity index (χ2n) is 14.7. The monoisotopic (exact) mass is 714 g/mol. The third-order valence-electron chi connectivity index (χ3n) is 11.8. The fourth-order valence-electron chi connectivity index (χ4n) is 9.52. The normalized spacial score (nSPS) is 14.9. The predicted octanol–water partition coefficient (Wildman–Crippen LogP) is 12.0. The van der Waals surface area contributed by atoms with Crippen LogP contribution in [0.5, 0.6) is 0 Å². The van der Waals surface area contributed by atoms with Crippen LogP contribution >= 0.6 is 0 Å². The number of rotatable bonds is 4. The first-order valence-corrected chi connectivity index (χ1v) is 19.1. The Morgan fingerprint density at radius 2 is 1.11 bits per heavy atom. The van der Waals surface area contributed by atoms with Gasteiger partial charge in [-0.25, -0.2) is 4.98 Å². The van der Waals surface area contributed by atoms with Crippen molar-refractivity contribution in [1.29, 1.82) is 0 Å². The fourth-order valence-corrected chi connectivity index (χ4v) is 9.52. The first-order chi connectivity index (χ1) is 27.8. The lowest BCUT2D eigenvalue weighted by Crippen LogP contribution is -2.36. The van der Waals surface area contributed by atoms with E-state index < -0.39 is 5.41 Å². The smallest absolute Gasteiger partial charge is 0.238 e. The van der Waals surface area contributed by atoms with Crippen LogP contribution in [0.1, 0.15) is 22.3 Å². The number of hydrogen-bond donors (Lipinski definition) is 0. The maximum absolute atomic E-state index is 6.78. The lowest BCUT2D eigenvalue weighted by Gasteiger charge is -2.32. The minimum absolute atomic E-state index is 0.558. The zero-order valence-corrected chi connectivity index (χ0v) is 30.2. The highest BCUT2D eigenvalue weighted by molar-refractivity contribution is 6.13. The van der Waals surface area contributed by atoms with Crippen LogP contribution in [0.3, 0.4) is 0 Å². The molecule has 56 heavy (non-hydrogen) atoms. The summed E-state index contributed by atoms with van der Waals surface area (Å²) in [6.45, 7) is 0. The summed E-state index contributed by atoms with van der Waals surface area (Å²) in [7, 11) is 0. The minimum Gasteiger partial charge on any atom is -0.455 e. The van der Waals surface area contributed by atoms with Crippen molar-refractivity contribution in [2.24, 2.45) is 0 Å². The van der Waals surface area contributed by atoms with Gasteiger partial charge in [-0.15, -0.1) is 0 Å². The highest BCUT2D eigenvalue weighted by atomic mass is 16.3. The number of benzene rings is 8. The predicted molar refractivity (Wildman–Crippen MR) is 223 cm³/mol. The van der Waals surface area contributed by atoms with Gasteiger partial charge >= 0.3 is 0 Å². The zero-order chi connectivity index (χ0) is 36.8. The molecule has 0 N–H and O–H groups in total. The van der Waals surface area contributed by atoms with Crippen molar-refractivity contribution in [1.82, 2.24) is 10.1 Å². The molecular formula is C52H32N3O+. The van der Waals surface area contributed by atoms with Crippen LogP contribution in [-0.4, -0.2) is 10.1 Å². The van der Waals surface area contributed by atoms with E-state index in [9.17, 15) is 0 Å². The van der Waals surface area contributed by atoms with Crippen molar-refractivity contribution in [3.05, 3.63) is 217 Å². The Balaban J connectivity index is 1.11. The average molecular weight is 715 g/mol. The SMILES string of the molecule is c1ccc(-c2c[n+](-c3ccccc3)nc(-c3cccc(-c4cccc5c4C4(c6ccccc6-5)c5ccccc5-c5c4ccc4c5oc5ccccc54)c3)n2)cc1. The molecule has 0 fully saturated rings. The largest absolute Gasteiger partial charge is 0.455 e. The van der Waals surface area contributed by atoms with Crippen LogP contribution in [-0.2, 0) is 5.41 Å². The summed E-state index contributed by atoms with van der Waals surface area (Å²) < 4.78 is 8.72. The van der Waals surface area contributed by atoms with Gasteiger partial charge in [0, 0.05) is 44.7 Å². The Hall–Kier alpha value is -7.43. The Bertz CT molecular complexity index is 3140. The molecule has 0 saturated heterocycles. The molecule has 0 radical (unpaired) electrons. The Kier molecular flexibility index (Phi) is 6.52. The van der Waals surface area contributed by atoms with E-state index in [1.54, 1.807) is 0 Å². The van der Waals surface area contributed by atoms with Gasteiger partial charge in [0.05, 0.1) is 5.41 Å². The van der Waals surface area contributed by atoms with Crippen LogP contribution in [0.4, 0.5) is 0 Å². The van der Waals surface area contributed by atoms with E-state index in [0.29, 0.717) is 5.82 Å². The standard InChI is InChI=1S/C52H32N3O/c1-3-15-33(16-4-1)46-32-55(36-19-5-2-6-20-36)54-51(53-46)35-18-13-17-34(31-35)37-24-14-25-40-38-21-7-10-26-43(38)52(49(37)40)44-27-11-8-23-42(44)48-45(52)30-29-41-39-22-9-12-28-47(39)56-50(41)48/h1-32H/q+1. The molecule has 0 amide bonds. The van der Waals surface area contributed by atoms with Gasteiger partial charge in [-0.3, -0.25) is 0 Å². The second kappa shape index (κ2) is 11.8. The van der Waals surface area contributed by atoms with E-state index >= 15 is 0 Å². The maximum Gasteiger partial charge on any atom is 0.238 e. The number of nitrogens with zero attached hydrogens (tertiary/aromatic N) is 3. The van der Waals surface area contributed by atoms with Crippen LogP contribution in [0.2, 0.25) is 0 Å². The molecule has 260 valence electrons. The molecule has 2 aromatic heterocycles. The molecular weight excluding hydrogens is 683 g/mol. The summed E-state index contributed by atoms with van der Waals surface area (Å²) >= 11 is 0. The van der Waals surface area contributed by atoms with Gasteiger partial charge in [-0.1, -0.05) is 164 Å². The summed E-state index contributed by atoms with van der Waals surface area (Å²) in [5.41, 5.74) is 17.4. The Morgan fingerprint density at radius 3 is 1.96 bits per heavy atom. The third-order valence-corrected chi connectivity index (χ3v) is 11.8. The quantitative estimate of drug-likeness (QED) is 0.170. The lowest BCUT2D eigenvalue weighted by molar-refractivity contribution is -0.658. The molecule has 2 aliphatic rings. The Morgan fingerprint density at radius 1 is 0.464 bits per heavy atom. The summed E-state index contributed by atoms with van der Waals surface area (Å²) in [4.78, 5) is 5.17. The molecule has 2 heterocycles. The second-order valence-corrected chi connectivity index (χ2v) is 14.7. The van der Waals surface area contributed by atoms with Crippen molar-refractivity contribution in [3.63, 3.8) is 0 Å². The number of furan rings is 1. The van der Waals surface area contributed by atoms with E-state index in [0.717, 1.165) is 50.0 Å². The van der Waals surface area contributed by atoms with Gasteiger partial charge in [0.1, 0.15) is 16.9 Å². The van der Waals surface area contributed by atoms with Gasteiger partial charge in [0.15, 0.2) is 0 Å².